The molecule has 150 valence electrons. The van der Waals surface area contributed by atoms with Crippen LogP contribution in [0.2, 0.25) is 16.6 Å². The Kier molecular flexibility index (Phi) is 9.14. The number of hydrogen-bond donors (Lipinski definition) is 1. The molecule has 0 spiro atoms. The molecule has 0 bridgehead atoms. The lowest BCUT2D eigenvalue weighted by atomic mass is 10.1. The van der Waals surface area contributed by atoms with Gasteiger partial charge < -0.3 is 19.0 Å². The fourth-order valence-electron chi connectivity index (χ4n) is 4.00. The second kappa shape index (κ2) is 10.3. The summed E-state index contributed by atoms with van der Waals surface area (Å²) in [6.07, 6.45) is 0.210. The van der Waals surface area contributed by atoms with Crippen molar-refractivity contribution in [3.05, 3.63) is 23.8 Å². The van der Waals surface area contributed by atoms with Crippen LogP contribution in [0.3, 0.4) is 0 Å². The van der Waals surface area contributed by atoms with Gasteiger partial charge in [0.15, 0.2) is 11.5 Å². The average Bonchev–Trinajstić information content (AvgIpc) is 2.55. The van der Waals surface area contributed by atoms with Gasteiger partial charge in [-0.15, -0.1) is 0 Å². The molecule has 1 rings (SSSR count). The molecule has 4 nitrogen and oxygen atoms in total. The molecule has 1 N–H and O–H groups in total. The van der Waals surface area contributed by atoms with Crippen LogP contribution in [0.15, 0.2) is 18.2 Å². The van der Waals surface area contributed by atoms with Gasteiger partial charge >= 0.3 is 0 Å². The molecular formula is C21H38O4Si. The molecule has 0 saturated heterocycles. The molecule has 0 radical (unpaired) electrons. The number of methoxy groups -OCH3 is 1. The van der Waals surface area contributed by atoms with Gasteiger partial charge in [0, 0.05) is 25.7 Å². The van der Waals surface area contributed by atoms with Crippen LogP contribution in [0.4, 0.5) is 0 Å². The van der Waals surface area contributed by atoms with Gasteiger partial charge in [-0.3, -0.25) is 0 Å². The molecule has 0 saturated carbocycles. The van der Waals surface area contributed by atoms with Crippen molar-refractivity contribution in [3.63, 3.8) is 0 Å². The predicted molar refractivity (Wildman–Crippen MR) is 111 cm³/mol. The molecule has 0 fully saturated rings. The summed E-state index contributed by atoms with van der Waals surface area (Å²) in [7, 11) is -0.456. The highest BCUT2D eigenvalue weighted by Gasteiger charge is 2.47. The van der Waals surface area contributed by atoms with Crippen LogP contribution in [0.1, 0.15) is 66.6 Å². The van der Waals surface area contributed by atoms with E-state index in [9.17, 15) is 5.11 Å². The Morgan fingerprint density at radius 3 is 1.96 bits per heavy atom. The predicted octanol–water partition coefficient (Wildman–Crippen LogP) is 5.71. The van der Waals surface area contributed by atoms with E-state index in [0.29, 0.717) is 29.8 Å². The van der Waals surface area contributed by atoms with Crippen molar-refractivity contribution in [1.29, 1.82) is 0 Å². The third-order valence-corrected chi connectivity index (χ3v) is 11.2. The van der Waals surface area contributed by atoms with Crippen molar-refractivity contribution < 1.29 is 19.0 Å². The first-order valence-electron chi connectivity index (χ1n) is 9.80. The Bertz CT molecular complexity index is 519. The number of benzene rings is 1. The lowest BCUT2D eigenvalue weighted by Crippen LogP contribution is -2.51. The number of hydrogen-bond acceptors (Lipinski definition) is 4. The van der Waals surface area contributed by atoms with Crippen molar-refractivity contribution >= 4 is 8.32 Å². The second-order valence-corrected chi connectivity index (χ2v) is 13.3. The van der Waals surface area contributed by atoms with Crippen molar-refractivity contribution in [3.8, 4) is 11.5 Å². The molecule has 5 heteroatoms. The Morgan fingerprint density at radius 1 is 0.923 bits per heavy atom. The van der Waals surface area contributed by atoms with Gasteiger partial charge in [-0.1, -0.05) is 53.7 Å². The zero-order valence-corrected chi connectivity index (χ0v) is 18.8. The molecule has 1 atom stereocenters. The first-order valence-corrected chi connectivity index (χ1v) is 11.9. The van der Waals surface area contributed by atoms with Crippen molar-refractivity contribution in [2.45, 2.75) is 77.6 Å². The van der Waals surface area contributed by atoms with Crippen molar-refractivity contribution in [1.82, 2.24) is 0 Å². The standard InChI is InChI=1S/C21H38O4Si/c1-15(2)26(16(3)4,17(5)6)25-21-19(18(7)22)11-9-12-20(21)24-14-10-13-23-8/h9,11-12,15-18,22H,10,13-14H2,1-8H3. The van der Waals surface area contributed by atoms with E-state index in [0.717, 1.165) is 23.5 Å². The Balaban J connectivity index is 3.33. The van der Waals surface area contributed by atoms with Crippen molar-refractivity contribution in [2.24, 2.45) is 0 Å². The lowest BCUT2D eigenvalue weighted by molar-refractivity contribution is 0.170. The number of ether oxygens (including phenoxy) is 2. The minimum atomic E-state index is -2.15. The van der Waals surface area contributed by atoms with Crippen LogP contribution in [0, 0.1) is 0 Å². The monoisotopic (exact) mass is 382 g/mol. The number of aliphatic hydroxyl groups is 1. The van der Waals surface area contributed by atoms with Gasteiger partial charge in [-0.05, 0) is 29.6 Å². The molecule has 1 unspecified atom stereocenters. The lowest BCUT2D eigenvalue weighted by Gasteiger charge is -2.43. The first kappa shape index (κ1) is 23.0. The highest BCUT2D eigenvalue weighted by atomic mass is 28.4. The molecule has 26 heavy (non-hydrogen) atoms. The van der Waals surface area contributed by atoms with Crippen LogP contribution < -0.4 is 9.16 Å². The van der Waals surface area contributed by atoms with E-state index < -0.39 is 14.4 Å². The number of para-hydroxylation sites is 1. The zero-order chi connectivity index (χ0) is 19.9. The molecule has 0 aliphatic rings. The molecule has 1 aromatic carbocycles. The van der Waals surface area contributed by atoms with E-state index in [1.165, 1.54) is 0 Å². The van der Waals surface area contributed by atoms with Gasteiger partial charge in [0.1, 0.15) is 0 Å². The molecule has 0 aliphatic carbocycles. The minimum absolute atomic E-state index is 0.450. The summed E-state index contributed by atoms with van der Waals surface area (Å²) in [5.74, 6) is 1.45. The summed E-state index contributed by atoms with van der Waals surface area (Å²) in [4.78, 5) is 0. The Morgan fingerprint density at radius 2 is 1.50 bits per heavy atom. The van der Waals surface area contributed by atoms with Gasteiger partial charge in [0.05, 0.1) is 12.7 Å². The van der Waals surface area contributed by atoms with Crippen molar-refractivity contribution in [2.75, 3.05) is 20.3 Å². The van der Waals surface area contributed by atoms with Crippen LogP contribution in [0.25, 0.3) is 0 Å². The van der Waals surface area contributed by atoms with Gasteiger partial charge in [-0.2, -0.15) is 0 Å². The summed E-state index contributed by atoms with van der Waals surface area (Å²) in [5, 5.41) is 10.3. The molecule has 0 aromatic heterocycles. The fraction of sp³-hybridized carbons (Fsp3) is 0.714. The highest BCUT2D eigenvalue weighted by Crippen LogP contribution is 2.46. The zero-order valence-electron chi connectivity index (χ0n) is 17.8. The Labute approximate surface area is 161 Å². The smallest absolute Gasteiger partial charge is 0.258 e. The number of rotatable bonds is 11. The molecule has 0 heterocycles. The maximum atomic E-state index is 10.3. The first-order chi connectivity index (χ1) is 12.2. The van der Waals surface area contributed by atoms with E-state index in [4.69, 9.17) is 13.9 Å². The van der Waals surface area contributed by atoms with E-state index >= 15 is 0 Å². The third-order valence-electron chi connectivity index (χ3n) is 5.20. The minimum Gasteiger partial charge on any atom is -0.540 e. The SMILES string of the molecule is COCCCOc1cccc(C(C)O)c1O[Si](C(C)C)(C(C)C)C(C)C. The molecular weight excluding hydrogens is 344 g/mol. The maximum Gasteiger partial charge on any atom is 0.258 e. The topological polar surface area (TPSA) is 47.9 Å². The summed E-state index contributed by atoms with van der Waals surface area (Å²) >= 11 is 0. The van der Waals surface area contributed by atoms with Gasteiger partial charge in [0.25, 0.3) is 8.32 Å². The van der Waals surface area contributed by atoms with Crippen LogP contribution in [-0.4, -0.2) is 33.7 Å². The third kappa shape index (κ3) is 5.24. The molecule has 0 amide bonds. The van der Waals surface area contributed by atoms with E-state index in [1.807, 2.05) is 18.2 Å². The molecule has 0 aliphatic heterocycles. The second-order valence-electron chi connectivity index (χ2n) is 7.97. The summed E-state index contributed by atoms with van der Waals surface area (Å²) in [6, 6.07) is 5.79. The fourth-order valence-corrected chi connectivity index (χ4v) is 9.28. The summed E-state index contributed by atoms with van der Waals surface area (Å²) in [6.45, 7) is 16.6. The quantitative estimate of drug-likeness (QED) is 0.393. The van der Waals surface area contributed by atoms with Gasteiger partial charge in [-0.25, -0.2) is 0 Å². The van der Waals surface area contributed by atoms with Crippen LogP contribution in [-0.2, 0) is 4.74 Å². The summed E-state index contributed by atoms with van der Waals surface area (Å²) in [5.41, 5.74) is 2.15. The van der Waals surface area contributed by atoms with E-state index in [-0.39, 0.29) is 0 Å². The largest absolute Gasteiger partial charge is 0.540 e. The van der Waals surface area contributed by atoms with Crippen LogP contribution in [0.5, 0.6) is 11.5 Å². The van der Waals surface area contributed by atoms with E-state index in [2.05, 4.69) is 41.5 Å². The van der Waals surface area contributed by atoms with Crippen LogP contribution >= 0.6 is 0 Å². The maximum absolute atomic E-state index is 10.3. The van der Waals surface area contributed by atoms with E-state index in [1.54, 1.807) is 14.0 Å². The number of aliphatic hydroxyl groups excluding tert-OH is 1. The van der Waals surface area contributed by atoms with Gasteiger partial charge in [0.2, 0.25) is 0 Å². The average molecular weight is 383 g/mol. The summed E-state index contributed by atoms with van der Waals surface area (Å²) < 4.78 is 18.0. The highest BCUT2D eigenvalue weighted by molar-refractivity contribution is 6.78. The molecule has 1 aromatic rings. The Hall–Kier alpha value is -1.04. The normalized spacial score (nSPS) is 13.5.